The molecule has 0 aliphatic carbocycles. The maximum Gasteiger partial charge on any atom is 0.261 e. The lowest BCUT2D eigenvalue weighted by molar-refractivity contribution is -0.125. The summed E-state index contributed by atoms with van der Waals surface area (Å²) in [6.45, 7) is 6.20. The molecule has 3 rings (SSSR count). The molecule has 150 valence electrons. The third kappa shape index (κ3) is 3.95. The summed E-state index contributed by atoms with van der Waals surface area (Å²) in [6.07, 6.45) is 0.748. The van der Waals surface area contributed by atoms with Crippen molar-refractivity contribution in [1.82, 2.24) is 0 Å². The van der Waals surface area contributed by atoms with E-state index in [4.69, 9.17) is 16.3 Å². The van der Waals surface area contributed by atoms with Gasteiger partial charge in [-0.3, -0.25) is 9.52 Å². The van der Waals surface area contributed by atoms with E-state index in [0.717, 1.165) is 17.7 Å². The molecule has 0 saturated heterocycles. The van der Waals surface area contributed by atoms with Gasteiger partial charge in [-0.05, 0) is 42.3 Å². The number of ether oxygens (including phenoxy) is 1. The van der Waals surface area contributed by atoms with Crippen molar-refractivity contribution in [1.29, 1.82) is 0 Å². The van der Waals surface area contributed by atoms with Gasteiger partial charge in [-0.25, -0.2) is 8.42 Å². The van der Waals surface area contributed by atoms with Gasteiger partial charge in [0.05, 0.1) is 22.7 Å². The summed E-state index contributed by atoms with van der Waals surface area (Å²) in [6, 6.07) is 9.52. The van der Waals surface area contributed by atoms with E-state index in [1.165, 1.54) is 25.3 Å². The van der Waals surface area contributed by atoms with Gasteiger partial charge in [0.1, 0.15) is 5.75 Å². The fraction of sp³-hybridized carbons (Fsp3) is 0.350. The molecule has 1 heterocycles. The second kappa shape index (κ2) is 7.29. The molecular formula is C20H23ClN2O4S. The summed E-state index contributed by atoms with van der Waals surface area (Å²) in [7, 11) is -2.38. The SMILES string of the molecule is COc1ccc(S(=O)(=O)Nc2ccc3c(c2)N(C(=O)C(C)(C)C)CC3)cc1Cl. The van der Waals surface area contributed by atoms with Crippen molar-refractivity contribution in [3.8, 4) is 5.75 Å². The summed E-state index contributed by atoms with van der Waals surface area (Å²) < 4.78 is 33.1. The fourth-order valence-corrected chi connectivity index (χ4v) is 4.48. The minimum absolute atomic E-state index is 0.00759. The molecule has 1 aliphatic heterocycles. The summed E-state index contributed by atoms with van der Waals surface area (Å²) in [4.78, 5) is 14.5. The van der Waals surface area contributed by atoms with E-state index in [9.17, 15) is 13.2 Å². The zero-order valence-electron chi connectivity index (χ0n) is 16.2. The van der Waals surface area contributed by atoms with Gasteiger partial charge in [-0.2, -0.15) is 0 Å². The van der Waals surface area contributed by atoms with Crippen molar-refractivity contribution in [3.05, 3.63) is 47.0 Å². The van der Waals surface area contributed by atoms with Crippen molar-refractivity contribution >= 4 is 38.9 Å². The number of nitrogens with one attached hydrogen (secondary N) is 1. The number of hydrogen-bond donors (Lipinski definition) is 1. The van der Waals surface area contributed by atoms with E-state index in [1.54, 1.807) is 17.0 Å². The molecular weight excluding hydrogens is 400 g/mol. The molecule has 1 amide bonds. The molecule has 0 radical (unpaired) electrons. The number of rotatable bonds is 4. The van der Waals surface area contributed by atoms with Crippen LogP contribution in [0.3, 0.4) is 0 Å². The molecule has 2 aromatic rings. The second-order valence-electron chi connectivity index (χ2n) is 7.70. The molecule has 0 unspecified atom stereocenters. The van der Waals surface area contributed by atoms with Crippen LogP contribution in [0.1, 0.15) is 26.3 Å². The Morgan fingerprint density at radius 3 is 2.50 bits per heavy atom. The number of hydrogen-bond acceptors (Lipinski definition) is 4. The number of carbonyl (C=O) groups is 1. The number of halogens is 1. The van der Waals surface area contributed by atoms with Crippen LogP contribution in [0.25, 0.3) is 0 Å². The topological polar surface area (TPSA) is 75.7 Å². The molecule has 2 aromatic carbocycles. The van der Waals surface area contributed by atoms with Crippen LogP contribution in [0.5, 0.6) is 5.75 Å². The van der Waals surface area contributed by atoms with Gasteiger partial charge < -0.3 is 9.64 Å². The number of sulfonamides is 1. The molecule has 0 atom stereocenters. The average molecular weight is 423 g/mol. The van der Waals surface area contributed by atoms with Crippen LogP contribution in [0.4, 0.5) is 11.4 Å². The second-order valence-corrected chi connectivity index (χ2v) is 9.79. The molecule has 0 aromatic heterocycles. The third-order valence-electron chi connectivity index (χ3n) is 4.55. The summed E-state index contributed by atoms with van der Waals surface area (Å²) in [5, 5.41) is 0.210. The van der Waals surface area contributed by atoms with Gasteiger partial charge in [-0.1, -0.05) is 38.4 Å². The molecule has 6 nitrogen and oxygen atoms in total. The molecule has 0 saturated carbocycles. The van der Waals surface area contributed by atoms with Crippen molar-refractivity contribution in [2.24, 2.45) is 5.41 Å². The Labute approximate surface area is 170 Å². The lowest BCUT2D eigenvalue weighted by atomic mass is 9.94. The number of nitrogens with zero attached hydrogens (tertiary/aromatic N) is 1. The highest BCUT2D eigenvalue weighted by molar-refractivity contribution is 7.92. The first kappa shape index (κ1) is 20.5. The Morgan fingerprint density at radius 2 is 1.89 bits per heavy atom. The monoisotopic (exact) mass is 422 g/mol. The predicted octanol–water partition coefficient (Wildman–Crippen LogP) is 4.08. The predicted molar refractivity (Wildman–Crippen MR) is 111 cm³/mol. The number of amides is 1. The van der Waals surface area contributed by atoms with Crippen LogP contribution in [-0.4, -0.2) is 28.0 Å². The first-order chi connectivity index (χ1) is 13.0. The Morgan fingerprint density at radius 1 is 1.18 bits per heavy atom. The number of methoxy groups -OCH3 is 1. The van der Waals surface area contributed by atoms with Crippen LogP contribution < -0.4 is 14.4 Å². The first-order valence-corrected chi connectivity index (χ1v) is 10.7. The smallest absolute Gasteiger partial charge is 0.261 e. The van der Waals surface area contributed by atoms with Crippen molar-refractivity contribution in [2.75, 3.05) is 23.3 Å². The van der Waals surface area contributed by atoms with Gasteiger partial charge in [0.25, 0.3) is 10.0 Å². The Hall–Kier alpha value is -2.25. The van der Waals surface area contributed by atoms with E-state index in [2.05, 4.69) is 4.72 Å². The van der Waals surface area contributed by atoms with Crippen LogP contribution in [0.15, 0.2) is 41.3 Å². The van der Waals surface area contributed by atoms with Crippen molar-refractivity contribution in [2.45, 2.75) is 32.1 Å². The lowest BCUT2D eigenvalue weighted by Gasteiger charge is -2.26. The summed E-state index contributed by atoms with van der Waals surface area (Å²) in [5.74, 6) is 0.405. The van der Waals surface area contributed by atoms with Gasteiger partial charge in [0.15, 0.2) is 0 Å². The van der Waals surface area contributed by atoms with Crippen LogP contribution >= 0.6 is 11.6 Å². The van der Waals surface area contributed by atoms with E-state index in [1.807, 2.05) is 26.8 Å². The Bertz CT molecular complexity index is 1030. The highest BCUT2D eigenvalue weighted by Crippen LogP contribution is 2.35. The number of anilines is 2. The van der Waals surface area contributed by atoms with Crippen LogP contribution in [-0.2, 0) is 21.2 Å². The van der Waals surface area contributed by atoms with Crippen LogP contribution in [0, 0.1) is 5.41 Å². The van der Waals surface area contributed by atoms with Gasteiger partial charge in [0.2, 0.25) is 5.91 Å². The highest BCUT2D eigenvalue weighted by atomic mass is 35.5. The highest BCUT2D eigenvalue weighted by Gasteiger charge is 2.32. The van der Waals surface area contributed by atoms with E-state index >= 15 is 0 Å². The standard InChI is InChI=1S/C20H23ClN2O4S/c1-20(2,3)19(24)23-10-9-13-5-6-14(11-17(13)23)22-28(25,26)15-7-8-18(27-4)16(21)12-15/h5-8,11-12,22H,9-10H2,1-4H3. The molecule has 1 aliphatic rings. The number of benzene rings is 2. The van der Waals surface area contributed by atoms with Crippen molar-refractivity contribution in [3.63, 3.8) is 0 Å². The van der Waals surface area contributed by atoms with Gasteiger partial charge >= 0.3 is 0 Å². The minimum atomic E-state index is -3.84. The lowest BCUT2D eigenvalue weighted by Crippen LogP contribution is -2.38. The molecule has 0 spiro atoms. The van der Waals surface area contributed by atoms with E-state index in [0.29, 0.717) is 18.0 Å². The molecule has 28 heavy (non-hydrogen) atoms. The Balaban J connectivity index is 1.90. The van der Waals surface area contributed by atoms with Gasteiger partial charge in [-0.15, -0.1) is 0 Å². The van der Waals surface area contributed by atoms with Crippen molar-refractivity contribution < 1.29 is 17.9 Å². The minimum Gasteiger partial charge on any atom is -0.495 e. The third-order valence-corrected chi connectivity index (χ3v) is 6.23. The van der Waals surface area contributed by atoms with E-state index < -0.39 is 15.4 Å². The van der Waals surface area contributed by atoms with Gasteiger partial charge in [0, 0.05) is 17.6 Å². The largest absolute Gasteiger partial charge is 0.495 e. The molecule has 0 fully saturated rings. The zero-order valence-corrected chi connectivity index (χ0v) is 17.8. The van der Waals surface area contributed by atoms with E-state index in [-0.39, 0.29) is 15.8 Å². The average Bonchev–Trinajstić information content (AvgIpc) is 3.02. The normalized spacial score (nSPS) is 14.0. The summed E-state index contributed by atoms with van der Waals surface area (Å²) >= 11 is 6.05. The molecule has 0 bridgehead atoms. The number of carbonyl (C=O) groups excluding carboxylic acids is 1. The summed E-state index contributed by atoms with van der Waals surface area (Å²) in [5.41, 5.74) is 1.64. The van der Waals surface area contributed by atoms with Crippen LogP contribution in [0.2, 0.25) is 5.02 Å². The quantitative estimate of drug-likeness (QED) is 0.805. The fourth-order valence-electron chi connectivity index (χ4n) is 3.09. The maximum atomic E-state index is 12.7. The maximum absolute atomic E-state index is 12.7. The number of fused-ring (bicyclic) bond motifs is 1. The zero-order chi connectivity index (χ0) is 20.7. The Kier molecular flexibility index (Phi) is 5.34. The first-order valence-electron chi connectivity index (χ1n) is 8.84. The molecule has 1 N–H and O–H groups in total. The molecule has 8 heteroatoms.